The monoisotopic (exact) mass is 278 g/mol. The molecule has 1 heterocycles. The normalized spacial score (nSPS) is 29.9. The van der Waals surface area contributed by atoms with Crippen molar-refractivity contribution in [2.75, 3.05) is 0 Å². The second-order valence-electron chi connectivity index (χ2n) is 6.26. The molecule has 2 amide bonds. The SMILES string of the molecule is NC(=O)[C@H](CC1CCCCC1)NC(=O)C1=COC2CC12. The summed E-state index contributed by atoms with van der Waals surface area (Å²) in [5, 5.41) is 2.80. The average Bonchev–Trinajstić information content (AvgIpc) is 3.09. The fraction of sp³-hybridized carbons (Fsp3) is 0.733. The summed E-state index contributed by atoms with van der Waals surface area (Å²) in [6.45, 7) is 0. The number of carbonyl (C=O) groups excluding carboxylic acids is 2. The van der Waals surface area contributed by atoms with Crippen molar-refractivity contribution >= 4 is 11.8 Å². The van der Waals surface area contributed by atoms with Gasteiger partial charge in [-0.1, -0.05) is 32.1 Å². The molecule has 0 bridgehead atoms. The summed E-state index contributed by atoms with van der Waals surface area (Å²) in [4.78, 5) is 23.7. The maximum Gasteiger partial charge on any atom is 0.251 e. The van der Waals surface area contributed by atoms with Crippen molar-refractivity contribution in [3.8, 4) is 0 Å². The molecular formula is C15H22N2O3. The molecule has 20 heavy (non-hydrogen) atoms. The Bertz CT molecular complexity index is 440. The fourth-order valence-corrected chi connectivity index (χ4v) is 3.36. The Labute approximate surface area is 118 Å². The Morgan fingerprint density at radius 1 is 1.35 bits per heavy atom. The zero-order valence-electron chi connectivity index (χ0n) is 11.6. The molecule has 3 rings (SSSR count). The number of hydrogen-bond donors (Lipinski definition) is 2. The molecule has 0 aromatic rings. The maximum atomic E-state index is 12.2. The van der Waals surface area contributed by atoms with Crippen molar-refractivity contribution in [3.63, 3.8) is 0 Å². The third-order valence-electron chi connectivity index (χ3n) is 4.71. The minimum atomic E-state index is -0.552. The Morgan fingerprint density at radius 3 is 2.65 bits per heavy atom. The minimum absolute atomic E-state index is 0.186. The average molecular weight is 278 g/mol. The first-order valence-electron chi connectivity index (χ1n) is 7.61. The van der Waals surface area contributed by atoms with Gasteiger partial charge in [-0.3, -0.25) is 9.59 Å². The third-order valence-corrected chi connectivity index (χ3v) is 4.71. The van der Waals surface area contributed by atoms with E-state index < -0.39 is 11.9 Å². The van der Waals surface area contributed by atoms with Crippen LogP contribution in [0.3, 0.4) is 0 Å². The molecule has 5 nitrogen and oxygen atoms in total. The lowest BCUT2D eigenvalue weighted by atomic mass is 9.84. The molecule has 2 fully saturated rings. The number of fused-ring (bicyclic) bond motifs is 1. The smallest absolute Gasteiger partial charge is 0.251 e. The Balaban J connectivity index is 1.56. The Morgan fingerprint density at radius 2 is 2.10 bits per heavy atom. The summed E-state index contributed by atoms with van der Waals surface area (Å²) in [5.74, 6) is 0.118. The number of ether oxygens (including phenoxy) is 1. The quantitative estimate of drug-likeness (QED) is 0.793. The van der Waals surface area contributed by atoms with Gasteiger partial charge in [0.1, 0.15) is 12.1 Å². The maximum absolute atomic E-state index is 12.2. The van der Waals surface area contributed by atoms with Crippen molar-refractivity contribution in [3.05, 3.63) is 11.8 Å². The first-order valence-corrected chi connectivity index (χ1v) is 7.61. The van der Waals surface area contributed by atoms with E-state index in [1.807, 2.05) is 0 Å². The van der Waals surface area contributed by atoms with E-state index in [-0.39, 0.29) is 17.9 Å². The zero-order chi connectivity index (χ0) is 14.1. The summed E-state index contributed by atoms with van der Waals surface area (Å²) in [6, 6.07) is -0.552. The van der Waals surface area contributed by atoms with Crippen molar-refractivity contribution in [1.29, 1.82) is 0 Å². The molecule has 5 heteroatoms. The molecule has 1 aliphatic heterocycles. The highest BCUT2D eigenvalue weighted by atomic mass is 16.5. The van der Waals surface area contributed by atoms with Crippen molar-refractivity contribution in [2.45, 2.75) is 57.1 Å². The van der Waals surface area contributed by atoms with Crippen LogP contribution in [-0.4, -0.2) is 24.0 Å². The lowest BCUT2D eigenvalue weighted by Crippen LogP contribution is -2.46. The summed E-state index contributed by atoms with van der Waals surface area (Å²) < 4.78 is 5.31. The second kappa shape index (κ2) is 5.46. The topological polar surface area (TPSA) is 81.4 Å². The first-order chi connectivity index (χ1) is 9.65. The minimum Gasteiger partial charge on any atom is -0.497 e. The van der Waals surface area contributed by atoms with E-state index in [1.165, 1.54) is 25.5 Å². The Kier molecular flexibility index (Phi) is 3.68. The molecule has 3 atom stereocenters. The van der Waals surface area contributed by atoms with E-state index in [1.54, 1.807) is 0 Å². The number of primary amides is 1. The molecule has 110 valence electrons. The number of carbonyl (C=O) groups is 2. The summed E-state index contributed by atoms with van der Waals surface area (Å²) in [7, 11) is 0. The van der Waals surface area contributed by atoms with Gasteiger partial charge in [0.05, 0.1) is 11.8 Å². The molecule has 2 unspecified atom stereocenters. The van der Waals surface area contributed by atoms with Gasteiger partial charge in [-0.25, -0.2) is 0 Å². The lowest BCUT2D eigenvalue weighted by Gasteiger charge is -2.25. The van der Waals surface area contributed by atoms with Gasteiger partial charge in [0.15, 0.2) is 0 Å². The van der Waals surface area contributed by atoms with Gasteiger partial charge in [-0.15, -0.1) is 0 Å². The van der Waals surface area contributed by atoms with Crippen LogP contribution in [0.2, 0.25) is 0 Å². The van der Waals surface area contributed by atoms with Crippen LogP contribution in [0.15, 0.2) is 11.8 Å². The first kappa shape index (κ1) is 13.5. The fourth-order valence-electron chi connectivity index (χ4n) is 3.36. The molecular weight excluding hydrogens is 256 g/mol. The zero-order valence-corrected chi connectivity index (χ0v) is 11.6. The van der Waals surface area contributed by atoms with Crippen LogP contribution in [0.4, 0.5) is 0 Å². The van der Waals surface area contributed by atoms with E-state index >= 15 is 0 Å². The van der Waals surface area contributed by atoms with Gasteiger partial charge >= 0.3 is 0 Å². The molecule has 0 aromatic heterocycles. The van der Waals surface area contributed by atoms with Gasteiger partial charge in [-0.05, 0) is 18.8 Å². The van der Waals surface area contributed by atoms with E-state index in [0.717, 1.165) is 19.3 Å². The van der Waals surface area contributed by atoms with E-state index in [2.05, 4.69) is 5.32 Å². The highest BCUT2D eigenvalue weighted by Gasteiger charge is 2.48. The molecule has 2 saturated carbocycles. The summed E-state index contributed by atoms with van der Waals surface area (Å²) in [5.41, 5.74) is 6.11. The molecule has 0 saturated heterocycles. The summed E-state index contributed by atoms with van der Waals surface area (Å²) in [6.07, 6.45) is 9.30. The van der Waals surface area contributed by atoms with Crippen LogP contribution in [-0.2, 0) is 14.3 Å². The largest absolute Gasteiger partial charge is 0.497 e. The number of amides is 2. The van der Waals surface area contributed by atoms with Gasteiger partial charge in [0.25, 0.3) is 5.91 Å². The van der Waals surface area contributed by atoms with E-state index in [0.29, 0.717) is 17.9 Å². The van der Waals surface area contributed by atoms with Crippen LogP contribution in [0.5, 0.6) is 0 Å². The molecule has 0 radical (unpaired) electrons. The van der Waals surface area contributed by atoms with Crippen LogP contribution in [0, 0.1) is 11.8 Å². The predicted molar refractivity (Wildman–Crippen MR) is 73.4 cm³/mol. The van der Waals surface area contributed by atoms with Gasteiger partial charge in [-0.2, -0.15) is 0 Å². The highest BCUT2D eigenvalue weighted by molar-refractivity contribution is 5.97. The van der Waals surface area contributed by atoms with Gasteiger partial charge < -0.3 is 15.8 Å². The van der Waals surface area contributed by atoms with Gasteiger partial charge in [0.2, 0.25) is 5.91 Å². The molecule has 3 aliphatic rings. The highest BCUT2D eigenvalue weighted by Crippen LogP contribution is 2.45. The molecule has 2 aliphatic carbocycles. The number of hydrogen-bond acceptors (Lipinski definition) is 3. The van der Waals surface area contributed by atoms with Gasteiger partial charge in [0, 0.05) is 5.92 Å². The van der Waals surface area contributed by atoms with Crippen molar-refractivity contribution in [1.82, 2.24) is 5.32 Å². The lowest BCUT2D eigenvalue weighted by molar-refractivity contribution is -0.126. The molecule has 0 aromatic carbocycles. The number of rotatable bonds is 5. The second-order valence-corrected chi connectivity index (χ2v) is 6.26. The summed E-state index contributed by atoms with van der Waals surface area (Å²) >= 11 is 0. The molecule has 3 N–H and O–H groups in total. The standard InChI is InChI=1S/C15H22N2O3/c16-14(18)12(6-9-4-2-1-3-5-9)17-15(19)11-8-20-13-7-10(11)13/h8-10,12-13H,1-7H2,(H2,16,18)(H,17,19)/t10?,12-,13?/m0/s1. The van der Waals surface area contributed by atoms with Crippen LogP contribution in [0.25, 0.3) is 0 Å². The number of nitrogens with two attached hydrogens (primary N) is 1. The van der Waals surface area contributed by atoms with E-state index in [9.17, 15) is 9.59 Å². The molecule has 0 spiro atoms. The van der Waals surface area contributed by atoms with Crippen LogP contribution in [0.1, 0.15) is 44.9 Å². The van der Waals surface area contributed by atoms with Crippen molar-refractivity contribution in [2.24, 2.45) is 17.6 Å². The van der Waals surface area contributed by atoms with E-state index in [4.69, 9.17) is 10.5 Å². The van der Waals surface area contributed by atoms with Crippen LogP contribution >= 0.6 is 0 Å². The van der Waals surface area contributed by atoms with Crippen LogP contribution < -0.4 is 11.1 Å². The van der Waals surface area contributed by atoms with Crippen molar-refractivity contribution < 1.29 is 14.3 Å². The third kappa shape index (κ3) is 2.81. The predicted octanol–water partition coefficient (Wildman–Crippen LogP) is 1.23. The Hall–Kier alpha value is -1.52. The number of nitrogens with one attached hydrogen (secondary N) is 1.